The second kappa shape index (κ2) is 6.53. The van der Waals surface area contributed by atoms with Gasteiger partial charge in [0.05, 0.1) is 23.8 Å². The van der Waals surface area contributed by atoms with Crippen LogP contribution in [-0.2, 0) is 14.8 Å². The Morgan fingerprint density at radius 2 is 2.10 bits per heavy atom. The van der Waals surface area contributed by atoms with Crippen LogP contribution in [0.3, 0.4) is 0 Å². The predicted molar refractivity (Wildman–Crippen MR) is 74.3 cm³/mol. The van der Waals surface area contributed by atoms with Crippen molar-refractivity contribution in [3.63, 3.8) is 0 Å². The van der Waals surface area contributed by atoms with Gasteiger partial charge in [-0.15, -0.1) is 0 Å². The summed E-state index contributed by atoms with van der Waals surface area (Å²) in [5.74, 6) is -0.656. The molecule has 0 amide bonds. The van der Waals surface area contributed by atoms with Gasteiger partial charge in [-0.05, 0) is 25.1 Å². The molecule has 0 heterocycles. The van der Waals surface area contributed by atoms with Crippen molar-refractivity contribution in [2.75, 3.05) is 20.7 Å². The lowest BCUT2D eigenvalue weighted by Gasteiger charge is -2.19. The molecule has 0 aliphatic heterocycles. The average Bonchev–Trinajstić information content (AvgIpc) is 2.37. The zero-order valence-corrected chi connectivity index (χ0v) is 12.9. The summed E-state index contributed by atoms with van der Waals surface area (Å²) in [5.41, 5.74) is 0.0842. The number of sulfonamides is 1. The third kappa shape index (κ3) is 3.69. The molecule has 0 aliphatic carbocycles. The van der Waals surface area contributed by atoms with E-state index in [-0.39, 0.29) is 22.0 Å². The van der Waals surface area contributed by atoms with Gasteiger partial charge in [-0.3, -0.25) is 0 Å². The number of ether oxygens (including phenoxy) is 1. The molecule has 112 valence electrons. The number of hydrogen-bond donors (Lipinski definition) is 1. The Morgan fingerprint density at radius 1 is 1.50 bits per heavy atom. The number of halogens is 1. The number of likely N-dealkylation sites (N-methyl/N-ethyl adjacent to an activating group) is 1. The molecule has 0 aromatic heterocycles. The Bertz CT molecular complexity index is 600. The summed E-state index contributed by atoms with van der Waals surface area (Å²) in [5, 5.41) is 9.27. The third-order valence-electron chi connectivity index (χ3n) is 2.56. The minimum absolute atomic E-state index is 0.00454. The molecule has 1 atom stereocenters. The van der Waals surface area contributed by atoms with E-state index in [1.54, 1.807) is 0 Å². The SMILES string of the molecule is COC(=O)c1ccc(Cl)c(S(=O)(=O)N(C)CC(C)O)c1. The van der Waals surface area contributed by atoms with Gasteiger partial charge in [0.2, 0.25) is 10.0 Å². The molecule has 8 heteroatoms. The molecule has 20 heavy (non-hydrogen) atoms. The number of methoxy groups -OCH3 is 1. The van der Waals surface area contributed by atoms with Crippen molar-refractivity contribution in [2.24, 2.45) is 0 Å². The lowest BCUT2D eigenvalue weighted by molar-refractivity contribution is 0.0600. The average molecular weight is 322 g/mol. The number of carbonyl (C=O) groups is 1. The highest BCUT2D eigenvalue weighted by Gasteiger charge is 2.25. The fraction of sp³-hybridized carbons (Fsp3) is 0.417. The van der Waals surface area contributed by atoms with Crippen molar-refractivity contribution in [1.29, 1.82) is 0 Å². The van der Waals surface area contributed by atoms with Gasteiger partial charge >= 0.3 is 5.97 Å². The molecule has 0 bridgehead atoms. The van der Waals surface area contributed by atoms with Gasteiger partial charge in [-0.1, -0.05) is 11.6 Å². The van der Waals surface area contributed by atoms with Crippen molar-refractivity contribution >= 4 is 27.6 Å². The Labute approximate surface area is 123 Å². The highest BCUT2D eigenvalue weighted by Crippen LogP contribution is 2.25. The molecular formula is C12H16ClNO5S. The van der Waals surface area contributed by atoms with Crippen molar-refractivity contribution in [2.45, 2.75) is 17.9 Å². The number of esters is 1. The van der Waals surface area contributed by atoms with Crippen LogP contribution < -0.4 is 0 Å². The maximum atomic E-state index is 12.3. The molecule has 1 unspecified atom stereocenters. The summed E-state index contributed by atoms with van der Waals surface area (Å²) < 4.78 is 30.2. The van der Waals surface area contributed by atoms with Crippen LogP contribution in [0.5, 0.6) is 0 Å². The van der Waals surface area contributed by atoms with E-state index in [9.17, 15) is 18.3 Å². The Kier molecular flexibility index (Phi) is 5.52. The normalized spacial score (nSPS) is 13.3. The number of aliphatic hydroxyl groups is 1. The predicted octanol–water partition coefficient (Wildman–Crippen LogP) is 1.13. The van der Waals surface area contributed by atoms with Gasteiger partial charge in [0.25, 0.3) is 0 Å². The first-order valence-electron chi connectivity index (χ1n) is 5.72. The topological polar surface area (TPSA) is 83.9 Å². The van der Waals surface area contributed by atoms with Crippen molar-refractivity contribution in [3.05, 3.63) is 28.8 Å². The summed E-state index contributed by atoms with van der Waals surface area (Å²) in [7, 11) is -1.37. The van der Waals surface area contributed by atoms with E-state index in [1.807, 2.05) is 0 Å². The van der Waals surface area contributed by atoms with E-state index in [2.05, 4.69) is 4.74 Å². The summed E-state index contributed by atoms with van der Waals surface area (Å²) in [6, 6.07) is 3.85. The Hall–Kier alpha value is -1.15. The highest BCUT2D eigenvalue weighted by atomic mass is 35.5. The molecule has 0 radical (unpaired) electrons. The first kappa shape index (κ1) is 16.9. The van der Waals surface area contributed by atoms with Crippen LogP contribution in [0.15, 0.2) is 23.1 Å². The van der Waals surface area contributed by atoms with E-state index in [0.29, 0.717) is 0 Å². The van der Waals surface area contributed by atoms with E-state index < -0.39 is 22.1 Å². The van der Waals surface area contributed by atoms with Crippen LogP contribution in [0.25, 0.3) is 0 Å². The number of benzene rings is 1. The van der Waals surface area contributed by atoms with Crippen LogP contribution in [0.1, 0.15) is 17.3 Å². The molecule has 1 N–H and O–H groups in total. The van der Waals surface area contributed by atoms with Crippen LogP contribution in [0.2, 0.25) is 5.02 Å². The number of aliphatic hydroxyl groups excluding tert-OH is 1. The molecule has 0 saturated carbocycles. The van der Waals surface area contributed by atoms with Gasteiger partial charge in [-0.2, -0.15) is 4.31 Å². The molecule has 0 fully saturated rings. The summed E-state index contributed by atoms with van der Waals surface area (Å²) in [6.45, 7) is 1.39. The first-order chi connectivity index (χ1) is 9.20. The minimum atomic E-state index is -3.90. The lowest BCUT2D eigenvalue weighted by atomic mass is 10.2. The molecule has 1 aromatic rings. The largest absolute Gasteiger partial charge is 0.465 e. The Balaban J connectivity index is 3.27. The fourth-order valence-corrected chi connectivity index (χ4v) is 3.33. The fourth-order valence-electron chi connectivity index (χ4n) is 1.58. The van der Waals surface area contributed by atoms with E-state index >= 15 is 0 Å². The smallest absolute Gasteiger partial charge is 0.337 e. The molecule has 0 aliphatic rings. The van der Waals surface area contributed by atoms with Crippen molar-refractivity contribution in [3.8, 4) is 0 Å². The number of carbonyl (C=O) groups excluding carboxylic acids is 1. The number of hydrogen-bond acceptors (Lipinski definition) is 5. The van der Waals surface area contributed by atoms with E-state index in [1.165, 1.54) is 33.2 Å². The van der Waals surface area contributed by atoms with Crippen molar-refractivity contribution in [1.82, 2.24) is 4.31 Å². The molecule has 0 saturated heterocycles. The molecular weight excluding hydrogens is 306 g/mol. The second-order valence-electron chi connectivity index (χ2n) is 4.27. The maximum absolute atomic E-state index is 12.3. The third-order valence-corrected chi connectivity index (χ3v) is 4.87. The summed E-state index contributed by atoms with van der Waals surface area (Å²) in [4.78, 5) is 11.2. The Morgan fingerprint density at radius 3 is 2.60 bits per heavy atom. The zero-order valence-electron chi connectivity index (χ0n) is 11.3. The maximum Gasteiger partial charge on any atom is 0.337 e. The van der Waals surface area contributed by atoms with E-state index in [0.717, 1.165) is 10.4 Å². The molecule has 1 rings (SSSR count). The lowest BCUT2D eigenvalue weighted by Crippen LogP contribution is -2.33. The van der Waals surface area contributed by atoms with Crippen LogP contribution >= 0.6 is 11.6 Å². The minimum Gasteiger partial charge on any atom is -0.465 e. The van der Waals surface area contributed by atoms with Crippen LogP contribution in [0, 0.1) is 0 Å². The van der Waals surface area contributed by atoms with Crippen LogP contribution in [-0.4, -0.2) is 50.6 Å². The summed E-state index contributed by atoms with van der Waals surface area (Å²) >= 11 is 5.89. The first-order valence-corrected chi connectivity index (χ1v) is 7.54. The molecule has 0 spiro atoms. The van der Waals surface area contributed by atoms with Gasteiger partial charge in [0, 0.05) is 13.6 Å². The van der Waals surface area contributed by atoms with Gasteiger partial charge < -0.3 is 9.84 Å². The number of nitrogens with zero attached hydrogens (tertiary/aromatic N) is 1. The summed E-state index contributed by atoms with van der Waals surface area (Å²) in [6.07, 6.45) is -0.822. The molecule has 6 nitrogen and oxygen atoms in total. The van der Waals surface area contributed by atoms with Gasteiger partial charge in [-0.25, -0.2) is 13.2 Å². The monoisotopic (exact) mass is 321 g/mol. The molecule has 1 aromatic carbocycles. The standard InChI is InChI=1S/C12H16ClNO5S/c1-8(15)7-14(2)20(17,18)11-6-9(12(16)19-3)4-5-10(11)13/h4-6,8,15H,7H2,1-3H3. The van der Waals surface area contributed by atoms with Gasteiger partial charge in [0.15, 0.2) is 0 Å². The quantitative estimate of drug-likeness (QED) is 0.822. The number of rotatable bonds is 5. The second-order valence-corrected chi connectivity index (χ2v) is 6.69. The zero-order chi connectivity index (χ0) is 15.5. The van der Waals surface area contributed by atoms with Gasteiger partial charge in [0.1, 0.15) is 4.90 Å². The van der Waals surface area contributed by atoms with Crippen LogP contribution in [0.4, 0.5) is 0 Å². The highest BCUT2D eigenvalue weighted by molar-refractivity contribution is 7.89. The van der Waals surface area contributed by atoms with Crippen molar-refractivity contribution < 1.29 is 23.1 Å². The van der Waals surface area contributed by atoms with E-state index in [4.69, 9.17) is 11.6 Å².